The zero-order valence-electron chi connectivity index (χ0n) is 15.7. The fraction of sp³-hybridized carbons (Fsp3) is 0.227. The number of anilines is 1. The lowest BCUT2D eigenvalue weighted by Gasteiger charge is -2.15. The minimum absolute atomic E-state index is 0.0191. The number of nitrogens with zero attached hydrogens (tertiary/aromatic N) is 2. The fourth-order valence-electron chi connectivity index (χ4n) is 3.65. The molecule has 1 saturated heterocycles. The van der Waals surface area contributed by atoms with Gasteiger partial charge in [-0.25, -0.2) is 0 Å². The van der Waals surface area contributed by atoms with Gasteiger partial charge in [-0.3, -0.25) is 14.4 Å². The fourth-order valence-corrected chi connectivity index (χ4v) is 3.84. The quantitative estimate of drug-likeness (QED) is 0.515. The van der Waals surface area contributed by atoms with Gasteiger partial charge in [0.2, 0.25) is 5.91 Å². The van der Waals surface area contributed by atoms with Gasteiger partial charge in [-0.2, -0.15) is 0 Å². The van der Waals surface area contributed by atoms with Gasteiger partial charge in [0.05, 0.1) is 5.56 Å². The summed E-state index contributed by atoms with van der Waals surface area (Å²) < 4.78 is 1.75. The Morgan fingerprint density at radius 3 is 2.52 bits per heavy atom. The van der Waals surface area contributed by atoms with E-state index in [1.165, 1.54) is 0 Å². The summed E-state index contributed by atoms with van der Waals surface area (Å²) in [5.74, 6) is -1.39. The number of ketones is 1. The Hall–Kier alpha value is -3.12. The molecule has 6 nitrogen and oxygen atoms in total. The van der Waals surface area contributed by atoms with Gasteiger partial charge >= 0.3 is 0 Å². The van der Waals surface area contributed by atoms with E-state index < -0.39 is 11.7 Å². The van der Waals surface area contributed by atoms with Crippen molar-refractivity contribution in [2.45, 2.75) is 19.4 Å². The van der Waals surface area contributed by atoms with Crippen molar-refractivity contribution >= 4 is 45.8 Å². The number of carbonyl (C=O) groups excluding carboxylic acids is 3. The number of rotatable bonds is 5. The first-order valence-electron chi connectivity index (χ1n) is 9.50. The topological polar surface area (TPSA) is 71.4 Å². The van der Waals surface area contributed by atoms with Crippen molar-refractivity contribution in [1.29, 1.82) is 0 Å². The number of Topliss-reactive ketones (excluding diaryl/α,β-unsaturated/α-hetero) is 1. The van der Waals surface area contributed by atoms with E-state index in [4.69, 9.17) is 11.6 Å². The number of likely N-dealkylation sites (tertiary alicyclic amines) is 1. The second kappa shape index (κ2) is 8.09. The molecule has 0 spiro atoms. The first-order chi connectivity index (χ1) is 14.0. The van der Waals surface area contributed by atoms with Crippen molar-refractivity contribution in [3.63, 3.8) is 0 Å². The molecule has 2 heterocycles. The smallest absolute Gasteiger partial charge is 0.296 e. The Kier molecular flexibility index (Phi) is 5.36. The minimum atomic E-state index is -0.749. The first-order valence-corrected chi connectivity index (χ1v) is 9.87. The first kappa shape index (κ1) is 19.2. The Labute approximate surface area is 173 Å². The number of para-hydroxylation sites is 1. The summed E-state index contributed by atoms with van der Waals surface area (Å²) in [6, 6.07) is 13.9. The molecule has 1 aliphatic rings. The van der Waals surface area contributed by atoms with Gasteiger partial charge in [0.1, 0.15) is 6.54 Å². The summed E-state index contributed by atoms with van der Waals surface area (Å²) in [5, 5.41) is 3.69. The molecule has 2 amide bonds. The zero-order chi connectivity index (χ0) is 20.4. The molecule has 3 aromatic rings. The summed E-state index contributed by atoms with van der Waals surface area (Å²) >= 11 is 5.93. The van der Waals surface area contributed by atoms with Crippen molar-refractivity contribution in [3.8, 4) is 0 Å². The van der Waals surface area contributed by atoms with Crippen LogP contribution in [0.1, 0.15) is 23.2 Å². The highest BCUT2D eigenvalue weighted by Gasteiger charge is 2.24. The molecule has 4 rings (SSSR count). The van der Waals surface area contributed by atoms with Crippen molar-refractivity contribution in [1.82, 2.24) is 9.47 Å². The molecule has 1 aromatic heterocycles. The van der Waals surface area contributed by atoms with E-state index in [9.17, 15) is 14.4 Å². The molecule has 2 aromatic carbocycles. The third kappa shape index (κ3) is 4.03. The number of benzene rings is 2. The Balaban J connectivity index is 1.60. The molecule has 0 atom stereocenters. The van der Waals surface area contributed by atoms with E-state index in [-0.39, 0.29) is 18.0 Å². The second-order valence-corrected chi connectivity index (χ2v) is 7.51. The number of amides is 2. The average molecular weight is 410 g/mol. The normalized spacial score (nSPS) is 13.6. The molecule has 0 bridgehead atoms. The van der Waals surface area contributed by atoms with Gasteiger partial charge in [-0.05, 0) is 37.1 Å². The highest BCUT2D eigenvalue weighted by atomic mass is 35.5. The van der Waals surface area contributed by atoms with Crippen molar-refractivity contribution < 1.29 is 14.4 Å². The molecule has 0 aliphatic carbocycles. The number of halogens is 1. The third-order valence-electron chi connectivity index (χ3n) is 5.09. The SMILES string of the molecule is O=C(Nc1cccc(Cl)c1)C(=O)c1cn(CC(=O)N2CCCC2)c2ccccc12. The Morgan fingerprint density at radius 1 is 1.00 bits per heavy atom. The standard InChI is InChI=1S/C22H20ClN3O3/c23-15-6-5-7-16(12-15)24-22(29)21(28)18-13-26(19-9-2-1-8-17(18)19)14-20(27)25-10-3-4-11-25/h1-2,5-9,12-13H,3-4,10-11,14H2,(H,24,29). The van der Waals surface area contributed by atoms with E-state index in [1.54, 1.807) is 47.2 Å². The number of hydrogen-bond donors (Lipinski definition) is 1. The van der Waals surface area contributed by atoms with E-state index in [0.717, 1.165) is 31.4 Å². The predicted molar refractivity (Wildman–Crippen MR) is 112 cm³/mol. The maximum atomic E-state index is 12.8. The lowest BCUT2D eigenvalue weighted by Crippen LogP contribution is -2.30. The molecule has 0 saturated carbocycles. The molecule has 29 heavy (non-hydrogen) atoms. The van der Waals surface area contributed by atoms with Gasteiger partial charge in [-0.1, -0.05) is 35.9 Å². The van der Waals surface area contributed by atoms with Gasteiger partial charge in [0, 0.05) is 40.9 Å². The van der Waals surface area contributed by atoms with Crippen LogP contribution in [-0.2, 0) is 16.1 Å². The third-order valence-corrected chi connectivity index (χ3v) is 5.32. The maximum Gasteiger partial charge on any atom is 0.296 e. The summed E-state index contributed by atoms with van der Waals surface area (Å²) in [7, 11) is 0. The van der Waals surface area contributed by atoms with Gasteiger partial charge < -0.3 is 14.8 Å². The van der Waals surface area contributed by atoms with E-state index in [1.807, 2.05) is 17.0 Å². The largest absolute Gasteiger partial charge is 0.341 e. The number of carbonyl (C=O) groups is 3. The van der Waals surface area contributed by atoms with Crippen LogP contribution < -0.4 is 5.32 Å². The lowest BCUT2D eigenvalue weighted by molar-refractivity contribution is -0.130. The molecular weight excluding hydrogens is 390 g/mol. The highest BCUT2D eigenvalue weighted by Crippen LogP contribution is 2.23. The average Bonchev–Trinajstić information content (AvgIpc) is 3.36. The minimum Gasteiger partial charge on any atom is -0.341 e. The number of fused-ring (bicyclic) bond motifs is 1. The molecule has 148 valence electrons. The maximum absolute atomic E-state index is 12.8. The van der Waals surface area contributed by atoms with Crippen LogP contribution in [0.15, 0.2) is 54.7 Å². The van der Waals surface area contributed by atoms with Crippen LogP contribution in [0.4, 0.5) is 5.69 Å². The Bertz CT molecular complexity index is 1100. The van der Waals surface area contributed by atoms with Crippen LogP contribution in [0.5, 0.6) is 0 Å². The predicted octanol–water partition coefficient (Wildman–Crippen LogP) is 3.74. The van der Waals surface area contributed by atoms with Crippen LogP contribution in [0.2, 0.25) is 5.02 Å². The Morgan fingerprint density at radius 2 is 1.76 bits per heavy atom. The van der Waals surface area contributed by atoms with Gasteiger partial charge in [0.15, 0.2) is 0 Å². The molecule has 7 heteroatoms. The van der Waals surface area contributed by atoms with Crippen LogP contribution in [-0.4, -0.2) is 40.2 Å². The van der Waals surface area contributed by atoms with Gasteiger partial charge in [0.25, 0.3) is 11.7 Å². The number of aromatic nitrogens is 1. The molecule has 0 unspecified atom stereocenters. The van der Waals surface area contributed by atoms with Crippen LogP contribution >= 0.6 is 11.6 Å². The number of nitrogens with one attached hydrogen (secondary N) is 1. The lowest BCUT2D eigenvalue weighted by atomic mass is 10.1. The summed E-state index contributed by atoms with van der Waals surface area (Å²) in [6.45, 7) is 1.68. The van der Waals surface area contributed by atoms with Crippen molar-refractivity contribution in [2.24, 2.45) is 0 Å². The summed E-state index contributed by atoms with van der Waals surface area (Å²) in [6.07, 6.45) is 3.63. The monoisotopic (exact) mass is 409 g/mol. The zero-order valence-corrected chi connectivity index (χ0v) is 16.5. The summed E-state index contributed by atoms with van der Waals surface area (Å²) in [5.41, 5.74) is 1.47. The number of hydrogen-bond acceptors (Lipinski definition) is 3. The van der Waals surface area contributed by atoms with E-state index in [2.05, 4.69) is 5.32 Å². The molecule has 1 N–H and O–H groups in total. The van der Waals surface area contributed by atoms with Crippen LogP contribution in [0, 0.1) is 0 Å². The molecule has 0 radical (unpaired) electrons. The van der Waals surface area contributed by atoms with Crippen LogP contribution in [0.3, 0.4) is 0 Å². The summed E-state index contributed by atoms with van der Waals surface area (Å²) in [4.78, 5) is 39.8. The highest BCUT2D eigenvalue weighted by molar-refractivity contribution is 6.48. The van der Waals surface area contributed by atoms with Crippen LogP contribution in [0.25, 0.3) is 10.9 Å². The molecular formula is C22H20ClN3O3. The molecule has 1 fully saturated rings. The van der Waals surface area contributed by atoms with Gasteiger partial charge in [-0.15, -0.1) is 0 Å². The molecule has 1 aliphatic heterocycles. The van der Waals surface area contributed by atoms with E-state index >= 15 is 0 Å². The van der Waals surface area contributed by atoms with Crippen molar-refractivity contribution in [2.75, 3.05) is 18.4 Å². The van der Waals surface area contributed by atoms with Crippen molar-refractivity contribution in [3.05, 3.63) is 65.3 Å². The van der Waals surface area contributed by atoms with E-state index in [0.29, 0.717) is 16.1 Å². The second-order valence-electron chi connectivity index (χ2n) is 7.07.